The molecule has 26 heavy (non-hydrogen) atoms. The Morgan fingerprint density at radius 2 is 1.38 bits per heavy atom. The Hall–Kier alpha value is -3.28. The summed E-state index contributed by atoms with van der Waals surface area (Å²) in [5.41, 5.74) is 9.78. The smallest absolute Gasteiger partial charge is 0.159 e. The zero-order valence-electron chi connectivity index (χ0n) is 15.0. The molecule has 1 heterocycles. The molecule has 3 aromatic rings. The summed E-state index contributed by atoms with van der Waals surface area (Å²) in [5.74, 6) is 1.95. The van der Waals surface area contributed by atoms with Crippen LogP contribution in [0.2, 0.25) is 0 Å². The molecule has 0 saturated carbocycles. The Balaban J connectivity index is 1.75. The average molecular weight is 349 g/mol. The van der Waals surface area contributed by atoms with E-state index in [1.54, 1.807) is 0 Å². The van der Waals surface area contributed by atoms with E-state index in [0.29, 0.717) is 23.9 Å². The molecule has 0 bridgehead atoms. The Kier molecular flexibility index (Phi) is 5.53. The number of hydrogen-bond donors (Lipinski definition) is 3. The third-order valence-corrected chi connectivity index (χ3v) is 3.94. The van der Waals surface area contributed by atoms with Crippen LogP contribution in [0.5, 0.6) is 5.75 Å². The van der Waals surface area contributed by atoms with E-state index in [1.807, 2.05) is 43.3 Å². The number of ether oxygens (including phenoxy) is 1. The molecule has 0 fully saturated rings. The van der Waals surface area contributed by atoms with E-state index < -0.39 is 0 Å². The van der Waals surface area contributed by atoms with Gasteiger partial charge in [-0.15, -0.1) is 0 Å². The van der Waals surface area contributed by atoms with Crippen LogP contribution in [-0.2, 0) is 6.42 Å². The van der Waals surface area contributed by atoms with E-state index in [9.17, 15) is 0 Å². The molecule has 0 aliphatic heterocycles. The molecule has 2 aromatic carbocycles. The van der Waals surface area contributed by atoms with Gasteiger partial charge in [0.05, 0.1) is 6.61 Å². The summed E-state index contributed by atoms with van der Waals surface area (Å²) in [7, 11) is 0. The first-order chi connectivity index (χ1) is 12.7. The van der Waals surface area contributed by atoms with Crippen LogP contribution in [0.1, 0.15) is 19.4 Å². The Morgan fingerprint density at radius 3 is 1.88 bits per heavy atom. The van der Waals surface area contributed by atoms with Gasteiger partial charge in [-0.3, -0.25) is 0 Å². The summed E-state index contributed by atoms with van der Waals surface area (Å²) >= 11 is 0. The van der Waals surface area contributed by atoms with Crippen molar-refractivity contribution in [1.82, 2.24) is 9.97 Å². The van der Waals surface area contributed by atoms with Crippen molar-refractivity contribution < 1.29 is 4.74 Å². The van der Waals surface area contributed by atoms with Gasteiger partial charge in [0.1, 0.15) is 17.8 Å². The zero-order chi connectivity index (χ0) is 18.4. The van der Waals surface area contributed by atoms with Gasteiger partial charge < -0.3 is 21.1 Å². The van der Waals surface area contributed by atoms with Gasteiger partial charge in [-0.25, -0.2) is 9.97 Å². The van der Waals surface area contributed by atoms with Gasteiger partial charge in [0, 0.05) is 11.4 Å². The highest BCUT2D eigenvalue weighted by Gasteiger charge is 2.09. The fourth-order valence-corrected chi connectivity index (χ4v) is 2.49. The molecule has 0 spiro atoms. The van der Waals surface area contributed by atoms with Crippen LogP contribution in [-0.4, -0.2) is 16.6 Å². The number of nitrogen functional groups attached to an aromatic ring is 1. The van der Waals surface area contributed by atoms with Crippen molar-refractivity contribution in [2.24, 2.45) is 0 Å². The number of nitrogens with two attached hydrogens (primary N) is 1. The van der Waals surface area contributed by atoms with Gasteiger partial charge >= 0.3 is 0 Å². The molecule has 3 rings (SSSR count). The molecule has 134 valence electrons. The second-order valence-electron chi connectivity index (χ2n) is 5.74. The number of aromatic nitrogens is 2. The minimum absolute atomic E-state index is 0.459. The first-order valence-corrected chi connectivity index (χ1v) is 8.66. The predicted molar refractivity (Wildman–Crippen MR) is 106 cm³/mol. The van der Waals surface area contributed by atoms with Crippen molar-refractivity contribution in [2.45, 2.75) is 20.3 Å². The first-order valence-electron chi connectivity index (χ1n) is 8.66. The molecular formula is C20H23N5O. The molecule has 0 unspecified atom stereocenters. The van der Waals surface area contributed by atoms with Gasteiger partial charge in [-0.1, -0.05) is 19.1 Å². The highest BCUT2D eigenvalue weighted by Crippen LogP contribution is 2.28. The van der Waals surface area contributed by atoms with E-state index in [1.165, 1.54) is 11.9 Å². The van der Waals surface area contributed by atoms with Gasteiger partial charge in [0.15, 0.2) is 11.6 Å². The molecule has 6 nitrogen and oxygen atoms in total. The molecule has 0 amide bonds. The molecule has 0 aliphatic rings. The molecular weight excluding hydrogens is 326 g/mol. The number of nitrogens with zero attached hydrogens (tertiary/aromatic N) is 2. The standard InChI is InChI=1S/C20H23N5O/c1-3-14-5-7-15(8-6-14)24-19-18(21)20(23-13-22-19)25-16-9-11-17(12-10-16)26-4-2/h5-13H,3-4,21H2,1-2H3,(H2,22,23,24,25). The summed E-state index contributed by atoms with van der Waals surface area (Å²) < 4.78 is 5.45. The minimum Gasteiger partial charge on any atom is -0.494 e. The lowest BCUT2D eigenvalue weighted by Crippen LogP contribution is -2.05. The largest absolute Gasteiger partial charge is 0.494 e. The molecule has 6 heteroatoms. The predicted octanol–water partition coefficient (Wildman–Crippen LogP) is 4.51. The van der Waals surface area contributed by atoms with Crippen LogP contribution in [0, 0.1) is 0 Å². The van der Waals surface area contributed by atoms with Crippen molar-refractivity contribution in [1.29, 1.82) is 0 Å². The lowest BCUT2D eigenvalue weighted by Gasteiger charge is -2.13. The van der Waals surface area contributed by atoms with Crippen molar-refractivity contribution in [3.63, 3.8) is 0 Å². The third-order valence-electron chi connectivity index (χ3n) is 3.94. The van der Waals surface area contributed by atoms with Crippen LogP contribution in [0.3, 0.4) is 0 Å². The average Bonchev–Trinajstić information content (AvgIpc) is 2.67. The van der Waals surface area contributed by atoms with Crippen molar-refractivity contribution in [3.8, 4) is 5.75 Å². The SMILES string of the molecule is CCOc1ccc(Nc2ncnc(Nc3ccc(CC)cc3)c2N)cc1. The molecule has 0 saturated heterocycles. The number of anilines is 5. The summed E-state index contributed by atoms with van der Waals surface area (Å²) in [5, 5.41) is 6.45. The third kappa shape index (κ3) is 4.22. The van der Waals surface area contributed by atoms with Gasteiger partial charge in [0.2, 0.25) is 0 Å². The number of hydrogen-bond acceptors (Lipinski definition) is 6. The van der Waals surface area contributed by atoms with Crippen molar-refractivity contribution >= 4 is 28.7 Å². The van der Waals surface area contributed by atoms with Crippen LogP contribution in [0.4, 0.5) is 28.7 Å². The Labute approximate surface area is 153 Å². The highest BCUT2D eigenvalue weighted by molar-refractivity contribution is 5.80. The molecule has 4 N–H and O–H groups in total. The Morgan fingerprint density at radius 1 is 0.846 bits per heavy atom. The molecule has 0 radical (unpaired) electrons. The van der Waals surface area contributed by atoms with Gasteiger partial charge in [0.25, 0.3) is 0 Å². The lowest BCUT2D eigenvalue weighted by molar-refractivity contribution is 0.340. The zero-order valence-corrected chi connectivity index (χ0v) is 15.0. The Bertz CT molecular complexity index is 847. The van der Waals surface area contributed by atoms with Crippen LogP contribution < -0.4 is 21.1 Å². The number of aryl methyl sites for hydroxylation is 1. The van der Waals surface area contributed by atoms with E-state index in [2.05, 4.69) is 39.7 Å². The van der Waals surface area contributed by atoms with Gasteiger partial charge in [-0.2, -0.15) is 0 Å². The second-order valence-corrected chi connectivity index (χ2v) is 5.74. The lowest BCUT2D eigenvalue weighted by atomic mass is 10.1. The maximum atomic E-state index is 6.24. The number of rotatable bonds is 7. The molecule has 1 aromatic heterocycles. The van der Waals surface area contributed by atoms with E-state index in [4.69, 9.17) is 10.5 Å². The highest BCUT2D eigenvalue weighted by atomic mass is 16.5. The van der Waals surface area contributed by atoms with E-state index in [-0.39, 0.29) is 0 Å². The number of benzene rings is 2. The topological polar surface area (TPSA) is 85.1 Å². The first kappa shape index (κ1) is 17.5. The minimum atomic E-state index is 0.459. The van der Waals surface area contributed by atoms with Gasteiger partial charge in [-0.05, 0) is 55.3 Å². The summed E-state index contributed by atoms with van der Waals surface area (Å²) in [6, 6.07) is 15.8. The van der Waals surface area contributed by atoms with Crippen molar-refractivity contribution in [2.75, 3.05) is 23.0 Å². The fourth-order valence-electron chi connectivity index (χ4n) is 2.49. The molecule has 0 atom stereocenters. The van der Waals surface area contributed by atoms with E-state index >= 15 is 0 Å². The summed E-state index contributed by atoms with van der Waals surface area (Å²) in [4.78, 5) is 8.49. The van der Waals surface area contributed by atoms with Crippen molar-refractivity contribution in [3.05, 3.63) is 60.4 Å². The summed E-state index contributed by atoms with van der Waals surface area (Å²) in [6.07, 6.45) is 2.49. The number of nitrogens with one attached hydrogen (secondary N) is 2. The second kappa shape index (κ2) is 8.20. The quantitative estimate of drug-likeness (QED) is 0.582. The van der Waals surface area contributed by atoms with E-state index in [0.717, 1.165) is 23.5 Å². The maximum Gasteiger partial charge on any atom is 0.159 e. The summed E-state index contributed by atoms with van der Waals surface area (Å²) in [6.45, 7) is 4.72. The van der Waals surface area contributed by atoms with Crippen LogP contribution in [0.25, 0.3) is 0 Å². The fraction of sp³-hybridized carbons (Fsp3) is 0.200. The van der Waals surface area contributed by atoms with Crippen LogP contribution >= 0.6 is 0 Å². The maximum absolute atomic E-state index is 6.24. The monoisotopic (exact) mass is 349 g/mol. The molecule has 0 aliphatic carbocycles. The van der Waals surface area contributed by atoms with Crippen LogP contribution in [0.15, 0.2) is 54.9 Å². The normalized spacial score (nSPS) is 10.4.